The summed E-state index contributed by atoms with van der Waals surface area (Å²) >= 11 is 0. The Labute approximate surface area is 105 Å². The van der Waals surface area contributed by atoms with E-state index in [1.807, 2.05) is 0 Å². The van der Waals surface area contributed by atoms with E-state index >= 15 is 0 Å². The minimum Gasteiger partial charge on any atom is -0.349 e. The van der Waals surface area contributed by atoms with Gasteiger partial charge in [0.2, 0.25) is 0 Å². The zero-order chi connectivity index (χ0) is 12.3. The molecule has 1 saturated carbocycles. The summed E-state index contributed by atoms with van der Waals surface area (Å²) in [5, 5.41) is 0. The second kappa shape index (κ2) is 3.30. The molecule has 0 radical (unpaired) electrons. The molecule has 2 heteroatoms. The SMILES string of the molecule is C[C@@H]1N(c2cccn2C)C2(C)CCC1(C)CC2. The summed E-state index contributed by atoms with van der Waals surface area (Å²) in [4.78, 5) is 2.69. The second-order valence-electron chi connectivity index (χ2n) is 6.67. The average Bonchev–Trinajstić information content (AvgIpc) is 2.69. The maximum atomic E-state index is 2.69. The van der Waals surface area contributed by atoms with Crippen molar-refractivity contribution in [3.63, 3.8) is 0 Å². The van der Waals surface area contributed by atoms with Crippen LogP contribution in [0.15, 0.2) is 18.3 Å². The van der Waals surface area contributed by atoms with Crippen molar-refractivity contribution in [3.05, 3.63) is 18.3 Å². The van der Waals surface area contributed by atoms with E-state index in [1.165, 1.54) is 31.5 Å². The molecule has 1 aromatic rings. The number of nitrogens with zero attached hydrogens (tertiary/aromatic N) is 2. The Morgan fingerprint density at radius 1 is 1.18 bits per heavy atom. The highest BCUT2D eigenvalue weighted by Crippen LogP contribution is 2.54. The van der Waals surface area contributed by atoms with Crippen molar-refractivity contribution in [2.24, 2.45) is 12.5 Å². The van der Waals surface area contributed by atoms with E-state index in [4.69, 9.17) is 0 Å². The Morgan fingerprint density at radius 3 is 2.35 bits per heavy atom. The first kappa shape index (κ1) is 11.2. The highest BCUT2D eigenvalue weighted by atomic mass is 15.3. The summed E-state index contributed by atoms with van der Waals surface area (Å²) < 4.78 is 2.27. The van der Waals surface area contributed by atoms with Gasteiger partial charge in [-0.1, -0.05) is 6.92 Å². The van der Waals surface area contributed by atoms with Gasteiger partial charge in [0.05, 0.1) is 0 Å². The van der Waals surface area contributed by atoms with Crippen LogP contribution in [0.2, 0.25) is 0 Å². The van der Waals surface area contributed by atoms with Crippen molar-refractivity contribution in [1.82, 2.24) is 4.57 Å². The van der Waals surface area contributed by atoms with Gasteiger partial charge in [0.25, 0.3) is 0 Å². The molecule has 17 heavy (non-hydrogen) atoms. The maximum Gasteiger partial charge on any atom is 0.108 e. The molecule has 0 unspecified atom stereocenters. The van der Waals surface area contributed by atoms with E-state index in [0.717, 1.165) is 0 Å². The molecule has 0 spiro atoms. The van der Waals surface area contributed by atoms with Crippen LogP contribution >= 0.6 is 0 Å². The lowest BCUT2D eigenvalue weighted by atomic mass is 9.59. The van der Waals surface area contributed by atoms with Crippen molar-refractivity contribution >= 4 is 5.82 Å². The third-order valence-electron chi connectivity index (χ3n) is 5.61. The monoisotopic (exact) mass is 232 g/mol. The molecule has 2 nitrogen and oxygen atoms in total. The highest BCUT2D eigenvalue weighted by Gasteiger charge is 2.53. The second-order valence-corrected chi connectivity index (χ2v) is 6.67. The average molecular weight is 232 g/mol. The molecule has 3 fully saturated rings. The van der Waals surface area contributed by atoms with Gasteiger partial charge in [-0.05, 0) is 57.1 Å². The molecule has 0 N–H and O–H groups in total. The third-order valence-corrected chi connectivity index (χ3v) is 5.61. The van der Waals surface area contributed by atoms with Gasteiger partial charge in [0.1, 0.15) is 5.82 Å². The van der Waals surface area contributed by atoms with Crippen LogP contribution in [0.25, 0.3) is 0 Å². The largest absolute Gasteiger partial charge is 0.349 e. The van der Waals surface area contributed by atoms with Crippen molar-refractivity contribution < 1.29 is 0 Å². The van der Waals surface area contributed by atoms with Gasteiger partial charge >= 0.3 is 0 Å². The molecular weight excluding hydrogens is 208 g/mol. The number of fused-ring (bicyclic) bond motifs is 3. The lowest BCUT2D eigenvalue weighted by Crippen LogP contribution is -2.65. The lowest BCUT2D eigenvalue weighted by molar-refractivity contribution is 0.0496. The van der Waals surface area contributed by atoms with E-state index in [1.54, 1.807) is 0 Å². The quantitative estimate of drug-likeness (QED) is 0.718. The first-order chi connectivity index (χ1) is 7.96. The molecule has 3 heterocycles. The minimum absolute atomic E-state index is 0.378. The van der Waals surface area contributed by atoms with Crippen LogP contribution in [-0.4, -0.2) is 16.1 Å². The molecule has 2 saturated heterocycles. The number of anilines is 1. The number of aromatic nitrogens is 1. The van der Waals surface area contributed by atoms with Crippen LogP contribution in [0, 0.1) is 5.41 Å². The smallest absolute Gasteiger partial charge is 0.108 e. The third kappa shape index (κ3) is 1.39. The van der Waals surface area contributed by atoms with Crippen LogP contribution in [0.4, 0.5) is 5.82 Å². The highest BCUT2D eigenvalue weighted by molar-refractivity contribution is 5.48. The van der Waals surface area contributed by atoms with E-state index < -0.39 is 0 Å². The Bertz CT molecular complexity index is 424. The topological polar surface area (TPSA) is 8.17 Å². The first-order valence-electron chi connectivity index (χ1n) is 6.87. The van der Waals surface area contributed by atoms with Gasteiger partial charge in [-0.15, -0.1) is 0 Å². The summed E-state index contributed by atoms with van der Waals surface area (Å²) in [6.45, 7) is 7.35. The van der Waals surface area contributed by atoms with E-state index in [-0.39, 0.29) is 0 Å². The van der Waals surface area contributed by atoms with E-state index in [2.05, 4.69) is 55.6 Å². The molecule has 2 bridgehead atoms. The Kier molecular flexibility index (Phi) is 2.17. The fraction of sp³-hybridized carbons (Fsp3) is 0.733. The molecular formula is C15H24N2. The number of piperidine rings is 2. The standard InChI is InChI=1S/C15H24N2/c1-12-14(2)7-9-15(3,10-8-14)17(12)13-6-5-11-16(13)4/h5-6,11-12H,7-10H2,1-4H3/t12-,14?,15?/m0/s1. The van der Waals surface area contributed by atoms with Crippen LogP contribution in [0.1, 0.15) is 46.5 Å². The summed E-state index contributed by atoms with van der Waals surface area (Å²) in [6.07, 6.45) is 7.64. The zero-order valence-electron chi connectivity index (χ0n) is 11.5. The van der Waals surface area contributed by atoms with E-state index in [0.29, 0.717) is 17.0 Å². The predicted molar refractivity (Wildman–Crippen MR) is 72.3 cm³/mol. The van der Waals surface area contributed by atoms with Crippen LogP contribution in [-0.2, 0) is 7.05 Å². The number of aryl methyl sites for hydroxylation is 1. The van der Waals surface area contributed by atoms with Crippen LogP contribution in [0.5, 0.6) is 0 Å². The summed E-state index contributed by atoms with van der Waals surface area (Å²) in [5.41, 5.74) is 0.894. The molecule has 1 aliphatic carbocycles. The molecule has 1 atom stereocenters. The van der Waals surface area contributed by atoms with Gasteiger partial charge in [-0.3, -0.25) is 0 Å². The van der Waals surface area contributed by atoms with Crippen LogP contribution < -0.4 is 4.90 Å². The predicted octanol–water partition coefficient (Wildman–Crippen LogP) is 3.57. The van der Waals surface area contributed by atoms with Gasteiger partial charge in [0, 0.05) is 24.8 Å². The summed E-state index contributed by atoms with van der Waals surface area (Å²) in [5.74, 6) is 1.39. The fourth-order valence-electron chi connectivity index (χ4n) is 3.97. The summed E-state index contributed by atoms with van der Waals surface area (Å²) in [6, 6.07) is 5.09. The lowest BCUT2D eigenvalue weighted by Gasteiger charge is -2.62. The fourth-order valence-corrected chi connectivity index (χ4v) is 3.97. The Hall–Kier alpha value is -0.920. The number of hydrogen-bond acceptors (Lipinski definition) is 1. The number of hydrogen-bond donors (Lipinski definition) is 0. The number of rotatable bonds is 1. The zero-order valence-corrected chi connectivity index (χ0v) is 11.5. The van der Waals surface area contributed by atoms with Gasteiger partial charge in [0.15, 0.2) is 0 Å². The van der Waals surface area contributed by atoms with Gasteiger partial charge in [-0.2, -0.15) is 0 Å². The molecule has 2 aliphatic heterocycles. The first-order valence-corrected chi connectivity index (χ1v) is 6.87. The van der Waals surface area contributed by atoms with Crippen molar-refractivity contribution in [3.8, 4) is 0 Å². The Morgan fingerprint density at radius 2 is 1.82 bits per heavy atom. The Balaban J connectivity index is 2.06. The normalized spacial score (nSPS) is 40.9. The molecule has 94 valence electrons. The molecule has 0 amide bonds. The van der Waals surface area contributed by atoms with Crippen LogP contribution in [0.3, 0.4) is 0 Å². The molecule has 4 rings (SSSR count). The molecule has 3 aliphatic rings. The summed E-state index contributed by atoms with van der Waals surface area (Å²) in [7, 11) is 2.16. The maximum absolute atomic E-state index is 2.69. The van der Waals surface area contributed by atoms with Gasteiger partial charge in [-0.25, -0.2) is 0 Å². The van der Waals surface area contributed by atoms with E-state index in [9.17, 15) is 0 Å². The van der Waals surface area contributed by atoms with Crippen molar-refractivity contribution in [2.75, 3.05) is 4.90 Å². The molecule has 0 aromatic carbocycles. The van der Waals surface area contributed by atoms with Crippen molar-refractivity contribution in [2.45, 2.75) is 58.0 Å². The van der Waals surface area contributed by atoms with Crippen molar-refractivity contribution in [1.29, 1.82) is 0 Å². The molecule has 1 aromatic heterocycles. The van der Waals surface area contributed by atoms with Gasteiger partial charge < -0.3 is 9.47 Å². The minimum atomic E-state index is 0.378.